The van der Waals surface area contributed by atoms with Crippen LogP contribution in [0.5, 0.6) is 5.75 Å². The molecular weight excluding hydrogens is 388 g/mol. The minimum atomic E-state index is -2.12. The highest BCUT2D eigenvalue weighted by Gasteiger charge is 2.35. The van der Waals surface area contributed by atoms with Gasteiger partial charge in [0.2, 0.25) is 16.6 Å². The van der Waals surface area contributed by atoms with Gasteiger partial charge in [0.25, 0.3) is 0 Å². The Bertz CT molecular complexity index is 997. The highest BCUT2D eigenvalue weighted by molar-refractivity contribution is 6.71. The molecule has 2 aromatic carbocycles. The van der Waals surface area contributed by atoms with Gasteiger partial charge < -0.3 is 8.85 Å². The topological polar surface area (TPSA) is 69.7 Å². The van der Waals surface area contributed by atoms with Crippen molar-refractivity contribution >= 4 is 34.2 Å². The smallest absolute Gasteiger partial charge is 0.324 e. The second kappa shape index (κ2) is 6.82. The third-order valence-corrected chi connectivity index (χ3v) is 5.67. The average molecular weight is 413 g/mol. The van der Waals surface area contributed by atoms with Crippen LogP contribution in [0.2, 0.25) is 39.3 Å². The van der Waals surface area contributed by atoms with Gasteiger partial charge in [0.15, 0.2) is 11.6 Å². The van der Waals surface area contributed by atoms with Crippen molar-refractivity contribution in [3.63, 3.8) is 0 Å². The molecule has 3 rings (SSSR count). The molecule has 0 saturated heterocycles. The van der Waals surface area contributed by atoms with Crippen LogP contribution in [0.3, 0.4) is 0 Å². The molecule has 0 aliphatic heterocycles. The summed E-state index contributed by atoms with van der Waals surface area (Å²) in [5.41, 5.74) is 1.36. The Morgan fingerprint density at radius 1 is 0.786 bits per heavy atom. The van der Waals surface area contributed by atoms with E-state index in [9.17, 15) is 14.4 Å². The molecule has 28 heavy (non-hydrogen) atoms. The van der Waals surface area contributed by atoms with Gasteiger partial charge in [0.1, 0.15) is 5.75 Å². The summed E-state index contributed by atoms with van der Waals surface area (Å²) < 4.78 is 11.7. The summed E-state index contributed by atoms with van der Waals surface area (Å²) in [5.74, 6) is -0.759. The van der Waals surface area contributed by atoms with Gasteiger partial charge in [-0.1, -0.05) is 24.3 Å². The molecule has 0 heterocycles. The largest absolute Gasteiger partial charge is 0.544 e. The van der Waals surface area contributed by atoms with E-state index in [4.69, 9.17) is 8.85 Å². The fourth-order valence-corrected chi connectivity index (χ4v) is 4.55. The summed E-state index contributed by atoms with van der Waals surface area (Å²) >= 11 is 0. The maximum atomic E-state index is 13.1. The number of hydrogen-bond donors (Lipinski definition) is 0. The summed E-state index contributed by atoms with van der Waals surface area (Å²) in [7, 11) is -4.24. The zero-order valence-electron chi connectivity index (χ0n) is 17.0. The van der Waals surface area contributed by atoms with Crippen LogP contribution in [0.25, 0.3) is 0 Å². The van der Waals surface area contributed by atoms with Crippen LogP contribution in [0, 0.1) is 0 Å². The average Bonchev–Trinajstić information content (AvgIpc) is 2.56. The lowest BCUT2D eigenvalue weighted by Crippen LogP contribution is -2.33. The Morgan fingerprint density at radius 2 is 1.36 bits per heavy atom. The first-order valence-electron chi connectivity index (χ1n) is 9.16. The van der Waals surface area contributed by atoms with Crippen molar-refractivity contribution in [3.8, 4) is 5.75 Å². The summed E-state index contributed by atoms with van der Waals surface area (Å²) in [4.78, 5) is 38.9. The maximum absolute atomic E-state index is 13.1. The third-order valence-electron chi connectivity index (χ3n) is 4.04. The molecule has 1 aliphatic carbocycles. The van der Waals surface area contributed by atoms with Crippen molar-refractivity contribution in [1.82, 2.24) is 0 Å². The molecule has 0 spiro atoms. The normalized spacial score (nSPS) is 13.6. The second-order valence-corrected chi connectivity index (χ2v) is 17.7. The van der Waals surface area contributed by atoms with Gasteiger partial charge in [0, 0.05) is 16.7 Å². The molecule has 0 amide bonds. The molecule has 0 bridgehead atoms. The van der Waals surface area contributed by atoms with Crippen LogP contribution in [0.4, 0.5) is 0 Å². The van der Waals surface area contributed by atoms with Crippen molar-refractivity contribution in [3.05, 3.63) is 64.2 Å². The zero-order chi connectivity index (χ0) is 20.9. The molecule has 146 valence electrons. The molecule has 2 aromatic rings. The van der Waals surface area contributed by atoms with Crippen LogP contribution in [0.1, 0.15) is 42.2 Å². The van der Waals surface area contributed by atoms with Crippen LogP contribution in [-0.2, 0) is 4.43 Å². The molecule has 0 N–H and O–H groups in total. The fraction of sp³-hybridized carbons (Fsp3) is 0.286. The van der Waals surface area contributed by atoms with Crippen molar-refractivity contribution in [1.29, 1.82) is 0 Å². The summed E-state index contributed by atoms with van der Waals surface area (Å²) in [6, 6.07) is 9.73. The molecular formula is C21H24O5Si2. The SMILES string of the molecule is C[Si](C)(C)OC(=O)c1cc(O[Si](C)(C)C)c2c(c1)C(=O)c1ccccc1C2=O. The number of ketones is 2. The van der Waals surface area contributed by atoms with Crippen LogP contribution in [0.15, 0.2) is 36.4 Å². The van der Waals surface area contributed by atoms with Gasteiger partial charge in [-0.25, -0.2) is 4.79 Å². The lowest BCUT2D eigenvalue weighted by Gasteiger charge is -2.26. The Morgan fingerprint density at radius 3 is 1.89 bits per heavy atom. The van der Waals surface area contributed by atoms with Crippen LogP contribution in [-0.4, -0.2) is 34.2 Å². The molecule has 5 nitrogen and oxygen atoms in total. The van der Waals surface area contributed by atoms with Gasteiger partial charge in [-0.3, -0.25) is 9.59 Å². The number of benzene rings is 2. The molecule has 7 heteroatoms. The Balaban J connectivity index is 2.21. The van der Waals surface area contributed by atoms with Crippen molar-refractivity contribution < 1.29 is 23.2 Å². The highest BCUT2D eigenvalue weighted by Crippen LogP contribution is 2.36. The standard InChI is InChI=1S/C21H24O5Si2/c1-27(2,3)25-17-12-13(21(24)26-28(4,5)6)11-16-18(17)20(23)15-10-8-7-9-14(15)19(16)22/h7-12H,1-6H3. The van der Waals surface area contributed by atoms with Crippen molar-refractivity contribution in [2.75, 3.05) is 0 Å². The van der Waals surface area contributed by atoms with E-state index in [1.165, 1.54) is 6.07 Å². The van der Waals surface area contributed by atoms with Gasteiger partial charge in [-0.05, 0) is 51.4 Å². The quantitative estimate of drug-likeness (QED) is 0.583. The predicted octanol–water partition coefficient (Wildman–Crippen LogP) is 4.67. The number of rotatable bonds is 4. The lowest BCUT2D eigenvalue weighted by molar-refractivity contribution is 0.0723. The number of fused-ring (bicyclic) bond motifs is 2. The maximum Gasteiger partial charge on any atom is 0.324 e. The minimum Gasteiger partial charge on any atom is -0.544 e. The van der Waals surface area contributed by atoms with Gasteiger partial charge in [0.05, 0.1) is 11.1 Å². The summed E-state index contributed by atoms with van der Waals surface area (Å²) in [6.07, 6.45) is 0. The second-order valence-electron chi connectivity index (χ2n) is 8.82. The Hall–Kier alpha value is -2.52. The number of carbonyl (C=O) groups excluding carboxylic acids is 3. The summed E-state index contributed by atoms with van der Waals surface area (Å²) in [5, 5.41) is 0. The van der Waals surface area contributed by atoms with E-state index < -0.39 is 22.6 Å². The number of hydrogen-bond acceptors (Lipinski definition) is 5. The van der Waals surface area contributed by atoms with E-state index >= 15 is 0 Å². The molecule has 0 aromatic heterocycles. The van der Waals surface area contributed by atoms with E-state index in [1.807, 2.05) is 39.3 Å². The molecule has 0 saturated carbocycles. The third kappa shape index (κ3) is 4.00. The van der Waals surface area contributed by atoms with Gasteiger partial charge in [-0.2, -0.15) is 0 Å². The Kier molecular flexibility index (Phi) is 4.93. The van der Waals surface area contributed by atoms with Crippen LogP contribution < -0.4 is 4.43 Å². The van der Waals surface area contributed by atoms with E-state index in [0.717, 1.165) is 0 Å². The summed E-state index contributed by atoms with van der Waals surface area (Å²) in [6.45, 7) is 11.7. The first-order chi connectivity index (χ1) is 12.9. The number of carbonyl (C=O) groups is 3. The van der Waals surface area contributed by atoms with Crippen molar-refractivity contribution in [2.45, 2.75) is 39.3 Å². The molecule has 0 radical (unpaired) electrons. The molecule has 0 atom stereocenters. The molecule has 1 aliphatic rings. The van der Waals surface area contributed by atoms with Crippen LogP contribution >= 0.6 is 0 Å². The van der Waals surface area contributed by atoms with E-state index in [2.05, 4.69) is 0 Å². The van der Waals surface area contributed by atoms with Gasteiger partial charge >= 0.3 is 5.97 Å². The first kappa shape index (κ1) is 20.2. The Labute approximate surface area is 166 Å². The van der Waals surface area contributed by atoms with E-state index in [1.54, 1.807) is 30.3 Å². The lowest BCUT2D eigenvalue weighted by atomic mass is 9.83. The molecule has 0 unspecified atom stereocenters. The van der Waals surface area contributed by atoms with Gasteiger partial charge in [-0.15, -0.1) is 0 Å². The minimum absolute atomic E-state index is 0.196. The first-order valence-corrected chi connectivity index (χ1v) is 16.0. The predicted molar refractivity (Wildman–Crippen MR) is 112 cm³/mol. The zero-order valence-corrected chi connectivity index (χ0v) is 19.0. The van der Waals surface area contributed by atoms with E-state index in [0.29, 0.717) is 11.1 Å². The fourth-order valence-electron chi connectivity index (χ4n) is 3.05. The highest BCUT2D eigenvalue weighted by atomic mass is 28.4. The van der Waals surface area contributed by atoms with Crippen molar-refractivity contribution in [2.24, 2.45) is 0 Å². The van der Waals surface area contributed by atoms with E-state index in [-0.39, 0.29) is 34.0 Å². The monoisotopic (exact) mass is 412 g/mol. The molecule has 0 fully saturated rings.